The molecular formula is C44H72N2O6. The number of hydrogen-bond acceptors (Lipinski definition) is 7. The average molecular weight is 725 g/mol. The van der Waals surface area contributed by atoms with Crippen molar-refractivity contribution in [3.05, 3.63) is 58.0 Å². The van der Waals surface area contributed by atoms with Crippen molar-refractivity contribution in [3.63, 3.8) is 0 Å². The van der Waals surface area contributed by atoms with Crippen molar-refractivity contribution in [1.29, 1.82) is 0 Å². The highest BCUT2D eigenvalue weighted by Gasteiger charge is 2.41. The van der Waals surface area contributed by atoms with Crippen LogP contribution in [0.4, 0.5) is 0 Å². The summed E-state index contributed by atoms with van der Waals surface area (Å²) in [4.78, 5) is 13.1. The molecule has 0 radical (unpaired) electrons. The van der Waals surface area contributed by atoms with E-state index in [1.165, 1.54) is 81.7 Å². The van der Waals surface area contributed by atoms with Crippen molar-refractivity contribution >= 4 is 0 Å². The highest BCUT2D eigenvalue weighted by molar-refractivity contribution is 5.31. The number of ether oxygens (including phenoxy) is 3. The Labute approximate surface area is 315 Å². The Morgan fingerprint density at radius 3 is 2.06 bits per heavy atom. The van der Waals surface area contributed by atoms with Gasteiger partial charge in [0.25, 0.3) is 5.56 Å². The van der Waals surface area contributed by atoms with Gasteiger partial charge < -0.3 is 24.4 Å². The zero-order chi connectivity index (χ0) is 37.2. The third-order valence-electron chi connectivity index (χ3n) is 11.1. The summed E-state index contributed by atoms with van der Waals surface area (Å²) in [7, 11) is 0. The van der Waals surface area contributed by atoms with Crippen LogP contribution < -0.4 is 5.56 Å². The molecule has 0 aliphatic carbocycles. The van der Waals surface area contributed by atoms with E-state index in [1.54, 1.807) is 6.07 Å². The van der Waals surface area contributed by atoms with E-state index in [0.29, 0.717) is 24.8 Å². The van der Waals surface area contributed by atoms with E-state index in [-0.39, 0.29) is 30.0 Å². The first-order valence-electron chi connectivity index (χ1n) is 21.2. The largest absolute Gasteiger partial charge is 0.393 e. The van der Waals surface area contributed by atoms with Gasteiger partial charge in [0, 0.05) is 12.0 Å². The molecule has 2 saturated heterocycles. The van der Waals surface area contributed by atoms with Gasteiger partial charge in [-0.2, -0.15) is 9.78 Å². The van der Waals surface area contributed by atoms with Gasteiger partial charge in [-0.15, -0.1) is 0 Å². The summed E-state index contributed by atoms with van der Waals surface area (Å²) >= 11 is 0. The fourth-order valence-corrected chi connectivity index (χ4v) is 8.19. The fraction of sp³-hybridized carbons (Fsp3) is 0.773. The van der Waals surface area contributed by atoms with Gasteiger partial charge in [0.2, 0.25) is 0 Å². The average Bonchev–Trinajstić information content (AvgIpc) is 3.72. The Bertz CT molecular complexity index is 1320. The first-order chi connectivity index (χ1) is 25.1. The van der Waals surface area contributed by atoms with Crippen LogP contribution >= 0.6 is 0 Å². The summed E-state index contributed by atoms with van der Waals surface area (Å²) in [5.74, 6) is -0.565. The monoisotopic (exact) mass is 725 g/mol. The van der Waals surface area contributed by atoms with Crippen LogP contribution in [-0.2, 0) is 20.6 Å². The number of rotatable bonds is 26. The van der Waals surface area contributed by atoms with Crippen LogP contribution in [0.2, 0.25) is 0 Å². The summed E-state index contributed by atoms with van der Waals surface area (Å²) in [5.41, 5.74) is 1.91. The van der Waals surface area contributed by atoms with Crippen molar-refractivity contribution in [2.24, 2.45) is 0 Å². The highest BCUT2D eigenvalue weighted by Crippen LogP contribution is 2.35. The number of aromatic nitrogens is 2. The van der Waals surface area contributed by atoms with E-state index in [2.05, 4.69) is 12.0 Å². The van der Waals surface area contributed by atoms with Crippen LogP contribution in [0.3, 0.4) is 0 Å². The lowest BCUT2D eigenvalue weighted by Crippen LogP contribution is -2.30. The SMILES string of the molecule is CCCCCCCCCCCCCC[C@@H]1OC(C)(C)O[C@H]1CC[C@H](O)[C@@H]1CC[C@@H](CCCCC[C@@H](O)Cc2cc(C)nn(-c3ccccc3)c2=O)O1. The highest BCUT2D eigenvalue weighted by atomic mass is 16.7. The summed E-state index contributed by atoms with van der Waals surface area (Å²) < 4.78 is 20.4. The summed E-state index contributed by atoms with van der Waals surface area (Å²) in [6.07, 6.45) is 24.6. The van der Waals surface area contributed by atoms with Gasteiger partial charge in [-0.25, -0.2) is 0 Å². The molecule has 0 saturated carbocycles. The van der Waals surface area contributed by atoms with Crippen molar-refractivity contribution in [2.45, 2.75) is 218 Å². The third kappa shape index (κ3) is 15.0. The maximum Gasteiger partial charge on any atom is 0.274 e. The molecule has 52 heavy (non-hydrogen) atoms. The topological polar surface area (TPSA) is 103 Å². The van der Waals surface area contributed by atoms with Gasteiger partial charge in [-0.05, 0) is 83.9 Å². The molecule has 8 nitrogen and oxygen atoms in total. The number of para-hydroxylation sites is 1. The van der Waals surface area contributed by atoms with Crippen molar-refractivity contribution in [3.8, 4) is 5.69 Å². The minimum absolute atomic E-state index is 0.0254. The minimum atomic E-state index is -0.565. The smallest absolute Gasteiger partial charge is 0.274 e. The number of aryl methyl sites for hydroxylation is 1. The molecule has 4 rings (SSSR count). The molecule has 2 aliphatic heterocycles. The van der Waals surface area contributed by atoms with Crippen LogP contribution in [0, 0.1) is 6.92 Å². The second kappa shape index (κ2) is 23.0. The van der Waals surface area contributed by atoms with Crippen LogP contribution in [0.5, 0.6) is 0 Å². The normalized spacial score (nSPS) is 22.6. The van der Waals surface area contributed by atoms with E-state index in [0.717, 1.165) is 62.7 Å². The second-order valence-corrected chi connectivity index (χ2v) is 16.3. The second-order valence-electron chi connectivity index (χ2n) is 16.3. The predicted molar refractivity (Wildman–Crippen MR) is 210 cm³/mol. The quantitative estimate of drug-likeness (QED) is 0.0932. The molecule has 0 unspecified atom stereocenters. The lowest BCUT2D eigenvalue weighted by molar-refractivity contribution is -0.148. The Morgan fingerprint density at radius 1 is 0.788 bits per heavy atom. The standard InChI is InChI=1S/C44H72N2O6/c1-5-6-7-8-9-10-11-12-13-14-15-22-27-41-42(52-44(3,4)51-41)31-29-39(48)40-30-28-38(50-40)26-21-17-20-25-37(47)33-35-32-34(2)45-46(43(35)49)36-23-18-16-19-24-36/h16,18-19,23-24,32,37-42,47-48H,5-15,17,20-22,25-31,33H2,1-4H3/t37-,38-,39+,40+,41+,42+/m1/s1. The van der Waals surface area contributed by atoms with E-state index in [4.69, 9.17) is 14.2 Å². The number of hydrogen-bond donors (Lipinski definition) is 2. The lowest BCUT2D eigenvalue weighted by atomic mass is 9.97. The number of aliphatic hydroxyl groups excluding tert-OH is 2. The maximum absolute atomic E-state index is 13.1. The molecular weight excluding hydrogens is 652 g/mol. The van der Waals surface area contributed by atoms with Gasteiger partial charge in [0.05, 0.1) is 48.0 Å². The predicted octanol–water partition coefficient (Wildman–Crippen LogP) is 9.69. The van der Waals surface area contributed by atoms with Gasteiger partial charge in [0.15, 0.2) is 5.79 Å². The molecule has 8 heteroatoms. The lowest BCUT2D eigenvalue weighted by Gasteiger charge is -2.22. The number of unbranched alkanes of at least 4 members (excludes halogenated alkanes) is 13. The molecule has 1 aromatic carbocycles. The molecule has 0 amide bonds. The first-order valence-corrected chi connectivity index (χ1v) is 21.2. The van der Waals surface area contributed by atoms with Crippen LogP contribution in [0.25, 0.3) is 5.69 Å². The molecule has 2 fully saturated rings. The zero-order valence-electron chi connectivity index (χ0n) is 33.1. The van der Waals surface area contributed by atoms with E-state index in [9.17, 15) is 15.0 Å². The zero-order valence-corrected chi connectivity index (χ0v) is 33.1. The maximum atomic E-state index is 13.1. The molecule has 6 atom stereocenters. The molecule has 294 valence electrons. The van der Waals surface area contributed by atoms with Gasteiger partial charge in [-0.1, -0.05) is 121 Å². The Hall–Kier alpha value is -2.10. The van der Waals surface area contributed by atoms with E-state index < -0.39 is 18.0 Å². The Kier molecular flexibility index (Phi) is 18.8. The molecule has 3 heterocycles. The Balaban J connectivity index is 1.05. The summed E-state index contributed by atoms with van der Waals surface area (Å²) in [5, 5.41) is 26.2. The molecule has 2 aliphatic rings. The number of aliphatic hydroxyl groups is 2. The van der Waals surface area contributed by atoms with Crippen LogP contribution in [0.15, 0.2) is 41.2 Å². The van der Waals surface area contributed by atoms with Crippen LogP contribution in [-0.4, -0.2) is 62.4 Å². The summed E-state index contributed by atoms with van der Waals surface area (Å²) in [6, 6.07) is 11.2. The number of benzene rings is 1. The minimum Gasteiger partial charge on any atom is -0.393 e. The van der Waals surface area contributed by atoms with Gasteiger partial charge >= 0.3 is 0 Å². The van der Waals surface area contributed by atoms with Gasteiger partial charge in [0.1, 0.15) is 0 Å². The fourth-order valence-electron chi connectivity index (χ4n) is 8.19. The molecule has 1 aromatic heterocycles. The summed E-state index contributed by atoms with van der Waals surface area (Å²) in [6.45, 7) is 8.17. The Morgan fingerprint density at radius 2 is 1.38 bits per heavy atom. The third-order valence-corrected chi connectivity index (χ3v) is 11.1. The first kappa shape index (κ1) is 42.6. The van der Waals surface area contributed by atoms with E-state index in [1.807, 2.05) is 51.1 Å². The molecule has 2 aromatic rings. The molecule has 0 bridgehead atoms. The van der Waals surface area contributed by atoms with E-state index >= 15 is 0 Å². The van der Waals surface area contributed by atoms with Gasteiger partial charge in [-0.3, -0.25) is 4.79 Å². The molecule has 0 spiro atoms. The van der Waals surface area contributed by atoms with Crippen molar-refractivity contribution in [1.82, 2.24) is 9.78 Å². The van der Waals surface area contributed by atoms with Crippen LogP contribution in [0.1, 0.15) is 173 Å². The van der Waals surface area contributed by atoms with Crippen molar-refractivity contribution < 1.29 is 24.4 Å². The van der Waals surface area contributed by atoms with Crippen molar-refractivity contribution in [2.75, 3.05) is 0 Å². The molecule has 2 N–H and O–H groups in total. The number of nitrogens with zero attached hydrogens (tertiary/aromatic N) is 2.